The maximum atomic E-state index is 10.5. The van der Waals surface area contributed by atoms with Crippen LogP contribution in [0.5, 0.6) is 0 Å². The molecule has 0 fully saturated rings. The molecule has 0 amide bonds. The minimum Gasteiger partial charge on any atom is -0.507 e. The summed E-state index contributed by atoms with van der Waals surface area (Å²) in [5.41, 5.74) is 0.503. The molecular weight excluding hydrogens is 282 g/mol. The molecule has 0 saturated carbocycles. The number of rotatable bonds is 5. The van der Waals surface area contributed by atoms with E-state index in [-0.39, 0.29) is 11.5 Å². The molecule has 0 spiro atoms. The lowest BCUT2D eigenvalue weighted by Crippen LogP contribution is -1.98. The zero-order valence-electron chi connectivity index (χ0n) is 10.7. The number of hydrogen-bond acceptors (Lipinski definition) is 6. The Labute approximate surface area is 119 Å². The van der Waals surface area contributed by atoms with E-state index in [1.54, 1.807) is 6.08 Å². The van der Waals surface area contributed by atoms with Gasteiger partial charge in [-0.2, -0.15) is 0 Å². The second kappa shape index (κ2) is 6.29. The van der Waals surface area contributed by atoms with E-state index in [0.717, 1.165) is 11.8 Å². The monoisotopic (exact) mass is 295 g/mol. The first-order valence-electron chi connectivity index (χ1n) is 5.73. The van der Waals surface area contributed by atoms with Gasteiger partial charge in [0.2, 0.25) is 5.16 Å². The fourth-order valence-corrected chi connectivity index (χ4v) is 2.11. The molecule has 0 atom stereocenters. The lowest BCUT2D eigenvalue weighted by molar-refractivity contribution is -0.133. The Morgan fingerprint density at radius 1 is 1.55 bits per heavy atom. The number of nitrogens with one attached hydrogen (secondary N) is 1. The fraction of sp³-hybridized carbons (Fsp3) is 0.250. The summed E-state index contributed by atoms with van der Waals surface area (Å²) < 4.78 is 5.07. The van der Waals surface area contributed by atoms with Crippen molar-refractivity contribution >= 4 is 23.3 Å². The van der Waals surface area contributed by atoms with Crippen LogP contribution in [0.15, 0.2) is 34.9 Å². The third kappa shape index (κ3) is 3.41. The van der Waals surface area contributed by atoms with Crippen molar-refractivity contribution in [2.75, 3.05) is 12.9 Å². The number of ether oxygens (including phenoxy) is 1. The zero-order valence-corrected chi connectivity index (χ0v) is 11.5. The van der Waals surface area contributed by atoms with E-state index < -0.39 is 5.97 Å². The van der Waals surface area contributed by atoms with Crippen LogP contribution in [0.3, 0.4) is 0 Å². The summed E-state index contributed by atoms with van der Waals surface area (Å²) >= 11 is 1.01. The summed E-state index contributed by atoms with van der Waals surface area (Å²) in [4.78, 5) is 14.6. The number of aliphatic hydroxyl groups is 1. The summed E-state index contributed by atoms with van der Waals surface area (Å²) in [6.45, 7) is 0. The van der Waals surface area contributed by atoms with Crippen LogP contribution in [0.4, 0.5) is 0 Å². The van der Waals surface area contributed by atoms with Crippen molar-refractivity contribution in [2.24, 2.45) is 0 Å². The van der Waals surface area contributed by atoms with Gasteiger partial charge in [0.05, 0.1) is 18.4 Å². The van der Waals surface area contributed by atoms with E-state index in [9.17, 15) is 9.90 Å². The molecule has 8 heteroatoms. The Morgan fingerprint density at radius 2 is 2.35 bits per heavy atom. The molecule has 0 unspecified atom stereocenters. The molecule has 1 heterocycles. The molecule has 1 aromatic rings. The van der Waals surface area contributed by atoms with E-state index in [1.807, 2.05) is 6.08 Å². The highest BCUT2D eigenvalue weighted by Gasteiger charge is 2.15. The van der Waals surface area contributed by atoms with Gasteiger partial charge in [0.25, 0.3) is 0 Å². The van der Waals surface area contributed by atoms with Gasteiger partial charge < -0.3 is 14.9 Å². The quantitative estimate of drug-likeness (QED) is 0.710. The molecule has 1 aliphatic carbocycles. The van der Waals surface area contributed by atoms with Crippen molar-refractivity contribution in [3.8, 4) is 0 Å². The highest BCUT2D eigenvalue weighted by Crippen LogP contribution is 2.25. The van der Waals surface area contributed by atoms with Crippen LogP contribution in [-0.4, -0.2) is 44.2 Å². The molecule has 1 aromatic heterocycles. The summed E-state index contributed by atoms with van der Waals surface area (Å²) in [5.74, 6) is -0.0903. The van der Waals surface area contributed by atoms with E-state index in [0.29, 0.717) is 28.7 Å². The average molecular weight is 295 g/mol. The minimum absolute atomic E-state index is 0.0153. The van der Waals surface area contributed by atoms with Gasteiger partial charge in [-0.15, -0.1) is 5.10 Å². The van der Waals surface area contributed by atoms with Crippen LogP contribution in [0, 0.1) is 0 Å². The molecule has 0 radical (unpaired) electrons. The standard InChI is InChI=1S/C12H13N3O4S/c1-19-7-3-2-4-8(9(16)5-7)11-13-12(15-14-11)20-6-10(17)18/h3-5,16H,2,6H2,1H3,(H,17,18)(H,13,14,15). The van der Waals surface area contributed by atoms with Gasteiger partial charge in [-0.3, -0.25) is 9.89 Å². The second-order valence-corrected chi connectivity index (χ2v) is 4.79. The molecule has 106 valence electrons. The summed E-state index contributed by atoms with van der Waals surface area (Å²) in [7, 11) is 1.52. The number of carbonyl (C=O) groups is 1. The highest BCUT2D eigenvalue weighted by molar-refractivity contribution is 7.99. The Balaban J connectivity index is 2.16. The third-order valence-electron chi connectivity index (χ3n) is 2.48. The molecule has 3 N–H and O–H groups in total. The Kier molecular flexibility index (Phi) is 4.46. The van der Waals surface area contributed by atoms with Gasteiger partial charge in [0.1, 0.15) is 11.5 Å². The Hall–Kier alpha value is -2.22. The number of aromatic nitrogens is 3. The largest absolute Gasteiger partial charge is 0.507 e. The van der Waals surface area contributed by atoms with E-state index in [4.69, 9.17) is 9.84 Å². The van der Waals surface area contributed by atoms with Crippen LogP contribution in [0.25, 0.3) is 5.57 Å². The van der Waals surface area contributed by atoms with Crippen molar-refractivity contribution in [1.82, 2.24) is 15.2 Å². The number of methoxy groups -OCH3 is 1. The molecule has 0 saturated heterocycles. The van der Waals surface area contributed by atoms with E-state index >= 15 is 0 Å². The van der Waals surface area contributed by atoms with Crippen molar-refractivity contribution in [1.29, 1.82) is 0 Å². The predicted molar refractivity (Wildman–Crippen MR) is 73.1 cm³/mol. The van der Waals surface area contributed by atoms with Crippen molar-refractivity contribution in [3.63, 3.8) is 0 Å². The number of hydrogen-bond donors (Lipinski definition) is 3. The molecule has 0 aliphatic heterocycles. The SMILES string of the molecule is COC1=CCC=C(c2nc(SCC(=O)O)n[nH]2)C(O)=C1. The third-order valence-corrected chi connectivity index (χ3v) is 3.31. The lowest BCUT2D eigenvalue weighted by atomic mass is 10.2. The van der Waals surface area contributed by atoms with E-state index in [2.05, 4.69) is 15.2 Å². The lowest BCUT2D eigenvalue weighted by Gasteiger charge is -2.02. The predicted octanol–water partition coefficient (Wildman–Crippen LogP) is 1.74. The average Bonchev–Trinajstić information content (AvgIpc) is 2.80. The summed E-state index contributed by atoms with van der Waals surface area (Å²) in [5, 5.41) is 25.5. The van der Waals surface area contributed by atoms with Gasteiger partial charge in [-0.05, 0) is 12.5 Å². The van der Waals surface area contributed by atoms with Crippen molar-refractivity contribution in [3.05, 3.63) is 35.6 Å². The number of carboxylic acids is 1. The number of allylic oxidation sites excluding steroid dienone is 4. The molecular formula is C12H13N3O4S. The van der Waals surface area contributed by atoms with Crippen molar-refractivity contribution in [2.45, 2.75) is 11.6 Å². The first-order valence-corrected chi connectivity index (χ1v) is 6.71. The van der Waals surface area contributed by atoms with Crippen LogP contribution in [0.2, 0.25) is 0 Å². The summed E-state index contributed by atoms with van der Waals surface area (Å²) in [6, 6.07) is 0. The number of aliphatic hydroxyl groups excluding tert-OH is 1. The first-order chi connectivity index (χ1) is 9.60. The van der Waals surface area contributed by atoms with Gasteiger partial charge in [-0.1, -0.05) is 17.8 Å². The molecule has 0 bridgehead atoms. The van der Waals surface area contributed by atoms with Crippen molar-refractivity contribution < 1.29 is 19.7 Å². The molecule has 20 heavy (non-hydrogen) atoms. The van der Waals surface area contributed by atoms with Gasteiger partial charge in [0.15, 0.2) is 5.82 Å². The normalized spacial score (nSPS) is 14.9. The van der Waals surface area contributed by atoms with E-state index in [1.165, 1.54) is 13.2 Å². The Morgan fingerprint density at radius 3 is 3.05 bits per heavy atom. The number of H-pyrrole nitrogens is 1. The van der Waals surface area contributed by atoms with Crippen LogP contribution >= 0.6 is 11.8 Å². The maximum Gasteiger partial charge on any atom is 0.313 e. The maximum absolute atomic E-state index is 10.5. The van der Waals surface area contributed by atoms with Gasteiger partial charge in [0, 0.05) is 6.08 Å². The number of nitrogens with zero attached hydrogens (tertiary/aromatic N) is 2. The molecule has 0 aromatic carbocycles. The minimum atomic E-state index is -0.938. The highest BCUT2D eigenvalue weighted by atomic mass is 32.2. The smallest absolute Gasteiger partial charge is 0.313 e. The number of carboxylic acid groups (broad SMARTS) is 1. The number of thioether (sulfide) groups is 1. The van der Waals surface area contributed by atoms with Crippen LogP contribution in [0.1, 0.15) is 12.2 Å². The van der Waals surface area contributed by atoms with Crippen LogP contribution < -0.4 is 0 Å². The topological polar surface area (TPSA) is 108 Å². The summed E-state index contributed by atoms with van der Waals surface area (Å²) in [6.07, 6.45) is 5.67. The van der Waals surface area contributed by atoms with Gasteiger partial charge >= 0.3 is 5.97 Å². The molecule has 1 aliphatic rings. The zero-order chi connectivity index (χ0) is 14.5. The van der Waals surface area contributed by atoms with Gasteiger partial charge in [-0.25, -0.2) is 4.98 Å². The second-order valence-electron chi connectivity index (χ2n) is 3.84. The first kappa shape index (κ1) is 14.2. The fourth-order valence-electron chi connectivity index (χ4n) is 1.59. The van der Waals surface area contributed by atoms with Crippen LogP contribution in [-0.2, 0) is 9.53 Å². The molecule has 2 rings (SSSR count). The Bertz CT molecular complexity index is 604. The number of aromatic amines is 1. The number of aliphatic carboxylic acids is 1. The molecule has 7 nitrogen and oxygen atoms in total.